The average Bonchev–Trinajstić information content (AvgIpc) is 2.98. The van der Waals surface area contributed by atoms with Crippen molar-refractivity contribution in [2.24, 2.45) is 5.73 Å². The SMILES string of the molecule is Cc1ccc(O[C@H]2CCN(c3ccccc3C(N)=O)C2)nc1. The molecule has 0 unspecified atom stereocenters. The Balaban J connectivity index is 1.70. The van der Waals surface area contributed by atoms with Crippen molar-refractivity contribution in [3.05, 3.63) is 53.7 Å². The van der Waals surface area contributed by atoms with Gasteiger partial charge in [-0.1, -0.05) is 18.2 Å². The van der Waals surface area contributed by atoms with Crippen LogP contribution in [0.3, 0.4) is 0 Å². The van der Waals surface area contributed by atoms with E-state index < -0.39 is 5.91 Å². The maximum absolute atomic E-state index is 11.5. The Morgan fingerprint density at radius 2 is 2.14 bits per heavy atom. The topological polar surface area (TPSA) is 68.5 Å². The number of nitrogens with zero attached hydrogens (tertiary/aromatic N) is 2. The van der Waals surface area contributed by atoms with Crippen LogP contribution in [0.25, 0.3) is 0 Å². The Labute approximate surface area is 129 Å². The first-order valence-electron chi connectivity index (χ1n) is 7.36. The molecule has 0 saturated carbocycles. The van der Waals surface area contributed by atoms with Crippen LogP contribution >= 0.6 is 0 Å². The summed E-state index contributed by atoms with van der Waals surface area (Å²) in [6.45, 7) is 3.55. The number of pyridine rings is 1. The Kier molecular flexibility index (Phi) is 3.96. The van der Waals surface area contributed by atoms with Gasteiger partial charge >= 0.3 is 0 Å². The largest absolute Gasteiger partial charge is 0.472 e. The number of carbonyl (C=O) groups excluding carboxylic acids is 1. The number of nitrogens with two attached hydrogens (primary N) is 1. The summed E-state index contributed by atoms with van der Waals surface area (Å²) in [6.07, 6.45) is 2.75. The van der Waals surface area contributed by atoms with Gasteiger partial charge in [0.25, 0.3) is 5.91 Å². The van der Waals surface area contributed by atoms with Gasteiger partial charge < -0.3 is 15.4 Å². The molecule has 2 heterocycles. The lowest BCUT2D eigenvalue weighted by Gasteiger charge is -2.21. The van der Waals surface area contributed by atoms with Crippen LogP contribution < -0.4 is 15.4 Å². The smallest absolute Gasteiger partial charge is 0.250 e. The maximum Gasteiger partial charge on any atom is 0.250 e. The summed E-state index contributed by atoms with van der Waals surface area (Å²) in [5.74, 6) is 0.237. The quantitative estimate of drug-likeness (QED) is 0.939. The molecule has 5 nitrogen and oxygen atoms in total. The number of amides is 1. The molecule has 1 saturated heterocycles. The third-order valence-corrected chi connectivity index (χ3v) is 3.83. The molecular formula is C17H19N3O2. The van der Waals surface area contributed by atoms with Crippen molar-refractivity contribution in [3.8, 4) is 5.88 Å². The highest BCUT2D eigenvalue weighted by molar-refractivity contribution is 5.98. The van der Waals surface area contributed by atoms with E-state index in [2.05, 4.69) is 9.88 Å². The summed E-state index contributed by atoms with van der Waals surface area (Å²) >= 11 is 0. The van der Waals surface area contributed by atoms with E-state index in [1.165, 1.54) is 0 Å². The summed E-state index contributed by atoms with van der Waals surface area (Å²) in [5, 5.41) is 0. The molecule has 0 radical (unpaired) electrons. The van der Waals surface area contributed by atoms with Crippen LogP contribution in [0.15, 0.2) is 42.6 Å². The Bertz CT molecular complexity index is 670. The number of carbonyl (C=O) groups is 1. The molecule has 0 aliphatic carbocycles. The second kappa shape index (κ2) is 6.05. The van der Waals surface area contributed by atoms with E-state index in [1.54, 1.807) is 12.3 Å². The van der Waals surface area contributed by atoms with E-state index in [0.29, 0.717) is 11.4 Å². The molecule has 0 spiro atoms. The van der Waals surface area contributed by atoms with Gasteiger partial charge in [-0.2, -0.15) is 0 Å². The van der Waals surface area contributed by atoms with Crippen LogP contribution in [0.5, 0.6) is 5.88 Å². The van der Waals surface area contributed by atoms with Gasteiger partial charge in [0.1, 0.15) is 6.10 Å². The first-order valence-corrected chi connectivity index (χ1v) is 7.36. The predicted molar refractivity (Wildman–Crippen MR) is 85.2 cm³/mol. The van der Waals surface area contributed by atoms with Crippen LogP contribution in [0.2, 0.25) is 0 Å². The number of ether oxygens (including phenoxy) is 1. The fourth-order valence-corrected chi connectivity index (χ4v) is 2.70. The minimum Gasteiger partial charge on any atom is -0.472 e. The zero-order valence-electron chi connectivity index (χ0n) is 12.5. The van der Waals surface area contributed by atoms with Crippen molar-refractivity contribution in [2.45, 2.75) is 19.4 Å². The molecule has 1 aromatic carbocycles. The second-order valence-corrected chi connectivity index (χ2v) is 5.53. The van der Waals surface area contributed by atoms with E-state index in [9.17, 15) is 4.79 Å². The third-order valence-electron chi connectivity index (χ3n) is 3.83. The second-order valence-electron chi connectivity index (χ2n) is 5.53. The van der Waals surface area contributed by atoms with Crippen LogP contribution in [0.1, 0.15) is 22.3 Å². The molecule has 1 aliphatic rings. The number of benzene rings is 1. The van der Waals surface area contributed by atoms with Gasteiger partial charge in [0.15, 0.2) is 0 Å². The van der Waals surface area contributed by atoms with E-state index >= 15 is 0 Å². The first kappa shape index (κ1) is 14.4. The van der Waals surface area contributed by atoms with Gasteiger partial charge in [0.05, 0.1) is 12.1 Å². The van der Waals surface area contributed by atoms with Crippen molar-refractivity contribution in [2.75, 3.05) is 18.0 Å². The highest BCUT2D eigenvalue weighted by Gasteiger charge is 2.26. The Morgan fingerprint density at radius 1 is 1.32 bits per heavy atom. The van der Waals surface area contributed by atoms with Gasteiger partial charge in [-0.15, -0.1) is 0 Å². The molecule has 2 aromatic rings. The summed E-state index contributed by atoms with van der Waals surface area (Å²) < 4.78 is 5.91. The van der Waals surface area contributed by atoms with Gasteiger partial charge in [-0.05, 0) is 24.6 Å². The normalized spacial score (nSPS) is 17.5. The molecule has 114 valence electrons. The number of aromatic nitrogens is 1. The molecule has 1 atom stereocenters. The van der Waals surface area contributed by atoms with E-state index in [1.807, 2.05) is 37.3 Å². The highest BCUT2D eigenvalue weighted by atomic mass is 16.5. The minimum absolute atomic E-state index is 0.0659. The predicted octanol–water partition coefficient (Wildman–Crippen LogP) is 2.15. The number of para-hydroxylation sites is 1. The summed E-state index contributed by atoms with van der Waals surface area (Å²) in [6, 6.07) is 11.3. The molecule has 1 aliphatic heterocycles. The molecule has 1 aromatic heterocycles. The first-order chi connectivity index (χ1) is 10.6. The van der Waals surface area contributed by atoms with Gasteiger partial charge in [0.2, 0.25) is 5.88 Å². The lowest BCUT2D eigenvalue weighted by molar-refractivity contribution is 0.100. The zero-order valence-corrected chi connectivity index (χ0v) is 12.5. The van der Waals surface area contributed by atoms with E-state index in [0.717, 1.165) is 30.8 Å². The molecule has 5 heteroatoms. The average molecular weight is 297 g/mol. The lowest BCUT2D eigenvalue weighted by Crippen LogP contribution is -2.27. The van der Waals surface area contributed by atoms with Crippen molar-refractivity contribution < 1.29 is 9.53 Å². The monoisotopic (exact) mass is 297 g/mol. The number of aryl methyl sites for hydroxylation is 1. The Hall–Kier alpha value is -2.56. The van der Waals surface area contributed by atoms with Crippen molar-refractivity contribution in [3.63, 3.8) is 0 Å². The van der Waals surface area contributed by atoms with Crippen molar-refractivity contribution in [1.82, 2.24) is 4.98 Å². The zero-order chi connectivity index (χ0) is 15.5. The maximum atomic E-state index is 11.5. The molecular weight excluding hydrogens is 278 g/mol. The number of hydrogen-bond donors (Lipinski definition) is 1. The summed E-state index contributed by atoms with van der Waals surface area (Å²) in [7, 11) is 0. The van der Waals surface area contributed by atoms with E-state index in [-0.39, 0.29) is 6.10 Å². The van der Waals surface area contributed by atoms with Crippen molar-refractivity contribution >= 4 is 11.6 Å². The fourth-order valence-electron chi connectivity index (χ4n) is 2.70. The van der Waals surface area contributed by atoms with Crippen LogP contribution in [-0.4, -0.2) is 30.1 Å². The van der Waals surface area contributed by atoms with Crippen LogP contribution in [-0.2, 0) is 0 Å². The van der Waals surface area contributed by atoms with E-state index in [4.69, 9.17) is 10.5 Å². The van der Waals surface area contributed by atoms with Gasteiger partial charge in [-0.25, -0.2) is 4.98 Å². The van der Waals surface area contributed by atoms with Crippen LogP contribution in [0, 0.1) is 6.92 Å². The standard InChI is InChI=1S/C17H19N3O2/c1-12-6-7-16(19-10-12)22-13-8-9-20(11-13)15-5-3-2-4-14(15)17(18)21/h2-7,10,13H,8-9,11H2,1H3,(H2,18,21)/t13-/m0/s1. The minimum atomic E-state index is -0.403. The summed E-state index contributed by atoms with van der Waals surface area (Å²) in [5.41, 5.74) is 7.98. The third kappa shape index (κ3) is 3.03. The molecule has 2 N–H and O–H groups in total. The number of anilines is 1. The molecule has 3 rings (SSSR count). The Morgan fingerprint density at radius 3 is 2.86 bits per heavy atom. The highest BCUT2D eigenvalue weighted by Crippen LogP contribution is 2.26. The molecule has 1 amide bonds. The number of hydrogen-bond acceptors (Lipinski definition) is 4. The lowest BCUT2D eigenvalue weighted by atomic mass is 10.1. The number of primary amides is 1. The summed E-state index contributed by atoms with van der Waals surface area (Å²) in [4.78, 5) is 17.9. The van der Waals surface area contributed by atoms with Crippen LogP contribution in [0.4, 0.5) is 5.69 Å². The van der Waals surface area contributed by atoms with Gasteiger partial charge in [-0.3, -0.25) is 4.79 Å². The molecule has 0 bridgehead atoms. The molecule has 22 heavy (non-hydrogen) atoms. The number of rotatable bonds is 4. The fraction of sp³-hybridized carbons (Fsp3) is 0.294. The van der Waals surface area contributed by atoms with Crippen molar-refractivity contribution in [1.29, 1.82) is 0 Å². The van der Waals surface area contributed by atoms with Gasteiger partial charge in [0, 0.05) is 30.9 Å². The molecule has 1 fully saturated rings.